The zero-order valence-corrected chi connectivity index (χ0v) is 73.9. The second kappa shape index (κ2) is 29.7. The van der Waals surface area contributed by atoms with Gasteiger partial charge in [-0.05, 0) is 278 Å². The van der Waals surface area contributed by atoms with Gasteiger partial charge in [-0.25, -0.2) is 0 Å². The van der Waals surface area contributed by atoms with E-state index >= 15 is 0 Å². The molecule has 8 unspecified atom stereocenters. The molecule has 0 aromatic carbocycles. The van der Waals surface area contributed by atoms with Crippen LogP contribution in [0.5, 0.6) is 0 Å². The SMILES string of the molecule is CC(C)OC(=O)[C@@H]1CC2=CC(=O)CCC2(C)C2=C1C1=CC[C@@]3(C)CCC(=O)C13CC2.CCCCOC(=O)[C@@H]1CC2=CC(=O)CCC2(C)C2=C1C1=CC[C@@]3(C)CCC(=O)C13CC2.CCCOC(=O)[C@@H]1CC2=CC(=O)CCC2(C)C2=C1C1=CC[C@@]3(C)CCC(=O)C13CC2.CCOC(=O)[C@@H]1CC2=CC(=O)CCC2(C)C2=C1C1=CC[C@@]3(C)CCC(=O)C13CC2. The van der Waals surface area contributed by atoms with Crippen molar-refractivity contribution in [2.24, 2.45) is 88.7 Å². The molecule has 120 heavy (non-hydrogen) atoms. The third-order valence-corrected chi connectivity index (χ3v) is 36.4. The van der Waals surface area contributed by atoms with Crippen molar-refractivity contribution in [1.29, 1.82) is 0 Å². The first-order valence-corrected chi connectivity index (χ1v) is 46.5. The van der Waals surface area contributed by atoms with Crippen molar-refractivity contribution in [3.8, 4) is 0 Å². The topological polar surface area (TPSA) is 242 Å². The largest absolute Gasteiger partial charge is 0.466 e. The molecular weight excluding hydrogens is 1510 g/mol. The number of ketones is 8. The Labute approximate surface area is 709 Å². The van der Waals surface area contributed by atoms with E-state index in [-0.39, 0.29) is 96.4 Å². The molecular formula is C104H128O16. The van der Waals surface area contributed by atoms with Crippen molar-refractivity contribution in [3.63, 3.8) is 0 Å². The van der Waals surface area contributed by atoms with Crippen molar-refractivity contribution in [2.45, 2.75) is 321 Å². The van der Waals surface area contributed by atoms with Crippen LogP contribution in [0.4, 0.5) is 0 Å². The minimum atomic E-state index is -0.426. The molecule has 0 radical (unpaired) electrons. The van der Waals surface area contributed by atoms with Gasteiger partial charge >= 0.3 is 23.9 Å². The van der Waals surface area contributed by atoms with Gasteiger partial charge in [-0.2, -0.15) is 0 Å². The molecule has 0 aromatic heterocycles. The monoisotopic (exact) mass is 1630 g/mol. The van der Waals surface area contributed by atoms with Gasteiger partial charge in [-0.3, -0.25) is 57.5 Å². The van der Waals surface area contributed by atoms with Crippen LogP contribution in [0.3, 0.4) is 0 Å². The molecule has 640 valence electrons. The molecule has 20 aliphatic rings. The molecule has 0 N–H and O–H groups in total. The molecule has 20 aliphatic carbocycles. The molecule has 20 rings (SSSR count). The maximum absolute atomic E-state index is 13.3. The zero-order valence-electron chi connectivity index (χ0n) is 73.9. The normalized spacial score (nSPS) is 39.7. The number of allylic oxidation sites excluding steroid dienone is 20. The lowest BCUT2D eigenvalue weighted by atomic mass is 9.50. The van der Waals surface area contributed by atoms with E-state index in [1.54, 1.807) is 24.3 Å². The first-order valence-electron chi connectivity index (χ1n) is 46.5. The standard InChI is InChI=1S/C27H34O4.2C26H32O4.C25H30O4/c1-4-5-14-31-24(30)19-16-17-15-18(28)6-12-26(17,3)20-8-13-27-21(23(19)20)7-10-25(27,2)11-9-22(27)29;1-15(2)30-23(29)18-14-16-13-17(27)5-11-25(16,4)19-7-12-26-20(22(18)19)6-9-24(26,3)10-8-21(26)28;1-4-13-30-23(29)18-15-16-14-17(27)5-11-25(16,3)19-7-12-26-20(22(18)19)6-9-24(26,2)10-8-21(26)28;1-4-29-22(28)17-14-15-13-16(26)5-11-24(15,3)18-7-12-25-19(21(17)18)6-9-23(25,2)10-8-20(25)27/h7,15,19H,4-6,8-14,16H2,1-3H3;6,13,15,18H,5,7-12,14H2,1-4H3;6,14,18H,4-5,7-13,15H2,1-3H3;6,13,17H,4-5,7-12,14H2,1-3H3/t19-,25+,26?,27?;2*18-,24+,25?,26?;17-,23+,24?,25?/m1111/s1. The molecule has 0 heterocycles. The van der Waals surface area contributed by atoms with Gasteiger partial charge in [-0.1, -0.05) is 145 Å². The van der Waals surface area contributed by atoms with E-state index in [2.05, 4.69) is 86.6 Å². The second-order valence-electron chi connectivity index (χ2n) is 42.2. The van der Waals surface area contributed by atoms with Gasteiger partial charge in [-0.15, -0.1) is 0 Å². The molecule has 0 saturated heterocycles. The number of hydrogen-bond acceptors (Lipinski definition) is 16. The lowest BCUT2D eigenvalue weighted by molar-refractivity contribution is -0.152. The Bertz CT molecular complexity index is 5050. The van der Waals surface area contributed by atoms with Crippen molar-refractivity contribution < 1.29 is 76.5 Å². The van der Waals surface area contributed by atoms with Crippen LogP contribution in [0.2, 0.25) is 0 Å². The number of fused-ring (bicyclic) bond motifs is 12. The van der Waals surface area contributed by atoms with Crippen molar-refractivity contribution >= 4 is 70.1 Å². The van der Waals surface area contributed by atoms with Gasteiger partial charge in [0.05, 0.1) is 71.3 Å². The summed E-state index contributed by atoms with van der Waals surface area (Å²) in [7, 11) is 0. The third kappa shape index (κ3) is 11.9. The summed E-state index contributed by atoms with van der Waals surface area (Å²) in [5.41, 5.74) is 16.0. The molecule has 4 fully saturated rings. The summed E-state index contributed by atoms with van der Waals surface area (Å²) >= 11 is 0. The van der Waals surface area contributed by atoms with Crippen LogP contribution in [-0.4, -0.2) is 96.1 Å². The van der Waals surface area contributed by atoms with Crippen LogP contribution in [0.15, 0.2) is 138 Å². The summed E-state index contributed by atoms with van der Waals surface area (Å²) in [6, 6.07) is 0. The van der Waals surface area contributed by atoms with Crippen LogP contribution < -0.4 is 0 Å². The summed E-state index contributed by atoms with van der Waals surface area (Å²) in [4.78, 5) is 155. The minimum absolute atomic E-state index is 0.0172. The average Bonchev–Trinajstić information content (AvgIpc) is 1.52. The van der Waals surface area contributed by atoms with Crippen LogP contribution in [0, 0.1) is 88.7 Å². The van der Waals surface area contributed by atoms with Crippen LogP contribution >= 0.6 is 0 Å². The van der Waals surface area contributed by atoms with E-state index in [0.717, 1.165) is 215 Å². The van der Waals surface area contributed by atoms with E-state index < -0.39 is 45.3 Å². The lowest BCUT2D eigenvalue weighted by Gasteiger charge is -2.52. The summed E-state index contributed by atoms with van der Waals surface area (Å²) in [5.74, 6) is -0.269. The highest BCUT2D eigenvalue weighted by molar-refractivity contribution is 6.01. The maximum atomic E-state index is 13.3. The van der Waals surface area contributed by atoms with Crippen LogP contribution in [0.1, 0.15) is 315 Å². The van der Waals surface area contributed by atoms with Crippen molar-refractivity contribution in [3.05, 3.63) is 138 Å². The first kappa shape index (κ1) is 84.3. The molecule has 0 amide bonds. The third-order valence-electron chi connectivity index (χ3n) is 36.4. The van der Waals surface area contributed by atoms with E-state index in [1.165, 1.54) is 22.3 Å². The van der Waals surface area contributed by atoms with E-state index in [4.69, 9.17) is 18.9 Å². The summed E-state index contributed by atoms with van der Waals surface area (Å²) < 4.78 is 22.5. The number of unbranched alkanes of at least 4 members (excludes halogenated alkanes) is 1. The fourth-order valence-corrected chi connectivity index (χ4v) is 29.3. The number of carbonyl (C=O) groups is 12. The number of ether oxygens (including phenoxy) is 4. The van der Waals surface area contributed by atoms with Crippen LogP contribution in [-0.2, 0) is 76.5 Å². The molecule has 4 spiro atoms. The molecule has 0 aromatic rings. The molecule has 4 saturated carbocycles. The molecule has 16 nitrogen and oxygen atoms in total. The lowest BCUT2D eigenvalue weighted by Crippen LogP contribution is -2.47. The molecule has 0 bridgehead atoms. The fourth-order valence-electron chi connectivity index (χ4n) is 29.3. The summed E-state index contributed by atoms with van der Waals surface area (Å²) in [5, 5.41) is 0. The van der Waals surface area contributed by atoms with Gasteiger partial charge < -0.3 is 18.9 Å². The highest BCUT2D eigenvalue weighted by atomic mass is 16.5. The number of hydrogen-bond donors (Lipinski definition) is 0. The predicted molar refractivity (Wildman–Crippen MR) is 454 cm³/mol. The Morgan fingerprint density at radius 3 is 0.858 bits per heavy atom. The number of esters is 4. The Hall–Kier alpha value is -7.88. The zero-order chi connectivity index (χ0) is 85.4. The van der Waals surface area contributed by atoms with Gasteiger partial charge in [0.15, 0.2) is 23.1 Å². The highest BCUT2D eigenvalue weighted by Crippen LogP contribution is 2.76. The molecule has 16 atom stereocenters. The average molecular weight is 1630 g/mol. The van der Waals surface area contributed by atoms with Gasteiger partial charge in [0.25, 0.3) is 0 Å². The van der Waals surface area contributed by atoms with E-state index in [0.29, 0.717) is 120 Å². The first-order chi connectivity index (χ1) is 56.9. The Balaban J connectivity index is 0.000000114. The summed E-state index contributed by atoms with van der Waals surface area (Å²) in [6.45, 7) is 28.9. The maximum Gasteiger partial charge on any atom is 0.314 e. The van der Waals surface area contributed by atoms with Gasteiger partial charge in [0, 0.05) is 73.0 Å². The minimum Gasteiger partial charge on any atom is -0.466 e. The van der Waals surface area contributed by atoms with Gasteiger partial charge in [0.1, 0.15) is 23.1 Å². The molecule has 0 aliphatic heterocycles. The van der Waals surface area contributed by atoms with Crippen molar-refractivity contribution in [1.82, 2.24) is 0 Å². The number of carbonyl (C=O) groups excluding carboxylic acids is 12. The number of rotatable bonds is 11. The Morgan fingerprint density at radius 2 is 0.600 bits per heavy atom. The fraction of sp³-hybridized carbons (Fsp3) is 0.654. The number of Topliss-reactive ketones (excluding diaryl/α,β-unsaturated/α-hetero) is 4. The summed E-state index contributed by atoms with van der Waals surface area (Å²) in [6.07, 6.45) is 43.1. The second-order valence-corrected chi connectivity index (χ2v) is 42.2. The van der Waals surface area contributed by atoms with E-state index in [1.807, 2.05) is 27.7 Å². The van der Waals surface area contributed by atoms with Crippen molar-refractivity contribution in [2.75, 3.05) is 19.8 Å². The predicted octanol–water partition coefficient (Wildman–Crippen LogP) is 20.1. The quantitative estimate of drug-likeness (QED) is 0.106. The highest BCUT2D eigenvalue weighted by Gasteiger charge is 2.71. The van der Waals surface area contributed by atoms with Crippen LogP contribution in [0.25, 0.3) is 0 Å². The van der Waals surface area contributed by atoms with E-state index in [9.17, 15) is 57.5 Å². The Morgan fingerprint density at radius 1 is 0.333 bits per heavy atom. The Kier molecular flexibility index (Phi) is 20.9. The van der Waals surface area contributed by atoms with Gasteiger partial charge in [0.2, 0.25) is 0 Å². The smallest absolute Gasteiger partial charge is 0.314 e. The molecule has 16 heteroatoms.